The SMILES string of the molecule is Cc1ccc(Sc2ccccc2)cc1C. The van der Waals surface area contributed by atoms with Gasteiger partial charge in [-0.1, -0.05) is 36.0 Å². The van der Waals surface area contributed by atoms with E-state index in [1.54, 1.807) is 0 Å². The van der Waals surface area contributed by atoms with Crippen LogP contribution in [0.15, 0.2) is 58.3 Å². The van der Waals surface area contributed by atoms with Crippen molar-refractivity contribution < 1.29 is 0 Å². The van der Waals surface area contributed by atoms with Crippen molar-refractivity contribution in [2.75, 3.05) is 0 Å². The molecule has 2 aromatic carbocycles. The first-order chi connectivity index (χ1) is 7.25. The molecule has 0 amide bonds. The molecule has 0 spiro atoms. The van der Waals surface area contributed by atoms with Gasteiger partial charge in [0.25, 0.3) is 0 Å². The van der Waals surface area contributed by atoms with Crippen molar-refractivity contribution in [3.8, 4) is 0 Å². The Labute approximate surface area is 95.3 Å². The van der Waals surface area contributed by atoms with Gasteiger partial charge in [0.05, 0.1) is 0 Å². The van der Waals surface area contributed by atoms with Crippen molar-refractivity contribution >= 4 is 11.8 Å². The van der Waals surface area contributed by atoms with Crippen molar-refractivity contribution in [3.05, 3.63) is 59.7 Å². The van der Waals surface area contributed by atoms with Gasteiger partial charge in [0.2, 0.25) is 0 Å². The van der Waals surface area contributed by atoms with Gasteiger partial charge in [-0.15, -0.1) is 0 Å². The van der Waals surface area contributed by atoms with Crippen LogP contribution in [0.2, 0.25) is 0 Å². The maximum absolute atomic E-state index is 2.24. The second-order valence-corrected chi connectivity index (χ2v) is 4.81. The van der Waals surface area contributed by atoms with Gasteiger partial charge in [-0.25, -0.2) is 0 Å². The van der Waals surface area contributed by atoms with E-state index in [0.717, 1.165) is 0 Å². The van der Waals surface area contributed by atoms with Crippen LogP contribution in [0.5, 0.6) is 0 Å². The average molecular weight is 214 g/mol. The number of aryl methyl sites for hydroxylation is 2. The summed E-state index contributed by atoms with van der Waals surface area (Å²) in [5.41, 5.74) is 2.71. The van der Waals surface area contributed by atoms with E-state index >= 15 is 0 Å². The lowest BCUT2D eigenvalue weighted by atomic mass is 10.1. The number of hydrogen-bond acceptors (Lipinski definition) is 1. The smallest absolute Gasteiger partial charge is 0.0125 e. The molecular formula is C14H14S. The van der Waals surface area contributed by atoms with Crippen molar-refractivity contribution in [3.63, 3.8) is 0 Å². The highest BCUT2D eigenvalue weighted by Gasteiger charge is 1.98. The van der Waals surface area contributed by atoms with E-state index in [1.165, 1.54) is 20.9 Å². The van der Waals surface area contributed by atoms with Crippen molar-refractivity contribution in [1.29, 1.82) is 0 Å². The van der Waals surface area contributed by atoms with Crippen LogP contribution in [0.3, 0.4) is 0 Å². The third-order valence-electron chi connectivity index (χ3n) is 2.46. The molecule has 2 aromatic rings. The van der Waals surface area contributed by atoms with Gasteiger partial charge in [0, 0.05) is 9.79 Å². The van der Waals surface area contributed by atoms with Crippen LogP contribution < -0.4 is 0 Å². The first-order valence-corrected chi connectivity index (χ1v) is 5.87. The molecular weight excluding hydrogens is 200 g/mol. The summed E-state index contributed by atoms with van der Waals surface area (Å²) in [5, 5.41) is 0. The molecule has 0 saturated carbocycles. The summed E-state index contributed by atoms with van der Waals surface area (Å²) >= 11 is 1.81. The molecule has 0 fully saturated rings. The zero-order valence-electron chi connectivity index (χ0n) is 9.03. The van der Waals surface area contributed by atoms with Gasteiger partial charge in [-0.3, -0.25) is 0 Å². The minimum absolute atomic E-state index is 1.29. The highest BCUT2D eigenvalue weighted by Crippen LogP contribution is 2.28. The minimum atomic E-state index is 1.29. The molecule has 0 bridgehead atoms. The fourth-order valence-electron chi connectivity index (χ4n) is 1.40. The van der Waals surface area contributed by atoms with E-state index in [0.29, 0.717) is 0 Å². The average Bonchev–Trinajstić information content (AvgIpc) is 2.25. The van der Waals surface area contributed by atoms with E-state index in [2.05, 4.69) is 56.3 Å². The summed E-state index contributed by atoms with van der Waals surface area (Å²) in [6, 6.07) is 17.1. The van der Waals surface area contributed by atoms with Gasteiger partial charge >= 0.3 is 0 Å². The van der Waals surface area contributed by atoms with E-state index in [1.807, 2.05) is 17.8 Å². The fourth-order valence-corrected chi connectivity index (χ4v) is 2.34. The molecule has 0 unspecified atom stereocenters. The van der Waals surface area contributed by atoms with Crippen molar-refractivity contribution in [2.24, 2.45) is 0 Å². The third-order valence-corrected chi connectivity index (χ3v) is 3.45. The predicted molar refractivity (Wildman–Crippen MR) is 66.5 cm³/mol. The van der Waals surface area contributed by atoms with Crippen LogP contribution in [-0.4, -0.2) is 0 Å². The molecule has 0 N–H and O–H groups in total. The highest BCUT2D eigenvalue weighted by atomic mass is 32.2. The standard InChI is InChI=1S/C14H14S/c1-11-8-9-14(10-12(11)2)15-13-6-4-3-5-7-13/h3-10H,1-2H3. The molecule has 0 aliphatic rings. The molecule has 15 heavy (non-hydrogen) atoms. The lowest BCUT2D eigenvalue weighted by molar-refractivity contribution is 1.27. The third kappa shape index (κ3) is 2.63. The molecule has 2 rings (SSSR count). The van der Waals surface area contributed by atoms with E-state index in [-0.39, 0.29) is 0 Å². The Balaban J connectivity index is 2.22. The van der Waals surface area contributed by atoms with Crippen LogP contribution in [0, 0.1) is 13.8 Å². The topological polar surface area (TPSA) is 0 Å². The summed E-state index contributed by atoms with van der Waals surface area (Å²) in [4.78, 5) is 2.60. The Morgan fingerprint density at radius 1 is 0.733 bits per heavy atom. The molecule has 1 heteroatoms. The quantitative estimate of drug-likeness (QED) is 0.711. The van der Waals surface area contributed by atoms with Gasteiger partial charge in [-0.2, -0.15) is 0 Å². The number of benzene rings is 2. The summed E-state index contributed by atoms with van der Waals surface area (Å²) in [6.07, 6.45) is 0. The maximum Gasteiger partial charge on any atom is 0.0125 e. The second kappa shape index (κ2) is 4.54. The summed E-state index contributed by atoms with van der Waals surface area (Å²) < 4.78 is 0. The molecule has 0 radical (unpaired) electrons. The molecule has 0 heterocycles. The summed E-state index contributed by atoms with van der Waals surface area (Å²) in [5.74, 6) is 0. The van der Waals surface area contributed by atoms with Crippen molar-refractivity contribution in [1.82, 2.24) is 0 Å². The molecule has 0 saturated heterocycles. The Bertz CT molecular complexity index is 446. The lowest BCUT2D eigenvalue weighted by Gasteiger charge is -2.04. The first kappa shape index (κ1) is 10.3. The minimum Gasteiger partial charge on any atom is -0.0901 e. The molecule has 76 valence electrons. The zero-order chi connectivity index (χ0) is 10.7. The van der Waals surface area contributed by atoms with Gasteiger partial charge in [-0.05, 0) is 49.2 Å². The van der Waals surface area contributed by atoms with Gasteiger partial charge in [0.15, 0.2) is 0 Å². The molecule has 0 nitrogen and oxygen atoms in total. The predicted octanol–water partition coefficient (Wildman–Crippen LogP) is 4.45. The number of hydrogen-bond donors (Lipinski definition) is 0. The normalized spacial score (nSPS) is 10.3. The van der Waals surface area contributed by atoms with E-state index in [4.69, 9.17) is 0 Å². The van der Waals surface area contributed by atoms with Crippen LogP contribution in [0.1, 0.15) is 11.1 Å². The Morgan fingerprint density at radius 3 is 2.13 bits per heavy atom. The highest BCUT2D eigenvalue weighted by molar-refractivity contribution is 7.99. The summed E-state index contributed by atoms with van der Waals surface area (Å²) in [6.45, 7) is 4.30. The molecule has 0 aliphatic heterocycles. The molecule has 0 aromatic heterocycles. The van der Waals surface area contributed by atoms with E-state index in [9.17, 15) is 0 Å². The van der Waals surface area contributed by atoms with Crippen molar-refractivity contribution in [2.45, 2.75) is 23.6 Å². The largest absolute Gasteiger partial charge is 0.0901 e. The zero-order valence-corrected chi connectivity index (χ0v) is 9.84. The molecule has 0 atom stereocenters. The molecule has 0 aliphatic carbocycles. The van der Waals surface area contributed by atoms with Gasteiger partial charge < -0.3 is 0 Å². The Hall–Kier alpha value is -1.21. The Morgan fingerprint density at radius 2 is 1.47 bits per heavy atom. The maximum atomic E-state index is 2.24. The van der Waals surface area contributed by atoms with Crippen LogP contribution >= 0.6 is 11.8 Å². The van der Waals surface area contributed by atoms with Gasteiger partial charge in [0.1, 0.15) is 0 Å². The monoisotopic (exact) mass is 214 g/mol. The van der Waals surface area contributed by atoms with Crippen LogP contribution in [-0.2, 0) is 0 Å². The number of rotatable bonds is 2. The van der Waals surface area contributed by atoms with Crippen LogP contribution in [0.25, 0.3) is 0 Å². The second-order valence-electron chi connectivity index (χ2n) is 3.66. The summed E-state index contributed by atoms with van der Waals surface area (Å²) in [7, 11) is 0. The fraction of sp³-hybridized carbons (Fsp3) is 0.143. The van der Waals surface area contributed by atoms with E-state index < -0.39 is 0 Å². The van der Waals surface area contributed by atoms with Crippen LogP contribution in [0.4, 0.5) is 0 Å². The lowest BCUT2D eigenvalue weighted by Crippen LogP contribution is -1.80. The Kier molecular flexibility index (Phi) is 3.12. The first-order valence-electron chi connectivity index (χ1n) is 5.06.